The number of nitrogens with two attached hydrogens (primary N) is 1. The van der Waals surface area contributed by atoms with E-state index in [0.29, 0.717) is 0 Å². The first-order valence-electron chi connectivity index (χ1n) is 10.8. The van der Waals surface area contributed by atoms with E-state index in [1.54, 1.807) is 20.8 Å². The first kappa shape index (κ1) is 24.3. The largest absolute Gasteiger partial charge is 0.449 e. The number of fused-ring (bicyclic) bond motifs is 3. The van der Waals surface area contributed by atoms with Gasteiger partial charge in [0.1, 0.15) is 12.6 Å². The van der Waals surface area contributed by atoms with Crippen molar-refractivity contribution >= 4 is 17.9 Å². The van der Waals surface area contributed by atoms with Crippen molar-refractivity contribution in [2.75, 3.05) is 20.8 Å². The van der Waals surface area contributed by atoms with E-state index in [1.165, 1.54) is 14.2 Å². The highest BCUT2D eigenvalue weighted by atomic mass is 16.7. The van der Waals surface area contributed by atoms with Crippen LogP contribution in [0, 0.1) is 11.3 Å². The molecule has 0 heterocycles. The quantitative estimate of drug-likeness (QED) is 0.626. The number of hydroxylamine groups is 2. The third-order valence-corrected chi connectivity index (χ3v) is 6.04. The van der Waals surface area contributed by atoms with Crippen molar-refractivity contribution in [2.45, 2.75) is 32.7 Å². The third kappa shape index (κ3) is 5.01. The van der Waals surface area contributed by atoms with Gasteiger partial charge < -0.3 is 15.8 Å². The number of nitrogens with zero attached hydrogens (tertiary/aromatic N) is 1. The number of hydrogen-bond acceptors (Lipinski definition) is 5. The molecular weight excluding hydrogens is 422 g/mol. The Morgan fingerprint density at radius 3 is 2.00 bits per heavy atom. The Morgan fingerprint density at radius 1 is 1.03 bits per heavy atom. The fourth-order valence-electron chi connectivity index (χ4n) is 4.38. The van der Waals surface area contributed by atoms with E-state index in [2.05, 4.69) is 5.32 Å². The normalized spacial score (nSPS) is 14.6. The van der Waals surface area contributed by atoms with Gasteiger partial charge in [-0.2, -0.15) is 0 Å². The molecule has 0 aromatic heterocycles. The molecule has 0 aliphatic heterocycles. The third-order valence-electron chi connectivity index (χ3n) is 6.04. The fraction of sp³-hybridized carbons (Fsp3) is 0.400. The van der Waals surface area contributed by atoms with Gasteiger partial charge in [0.15, 0.2) is 0 Å². The molecular formula is C25H31N3O5. The SMILES string of the molecule is CON(C)C(=O)C(C(NC(=O)OCC1c2ccccc2-c2ccccc21)C(N)=O)C(C)(C)C. The van der Waals surface area contributed by atoms with Crippen LogP contribution in [0.5, 0.6) is 0 Å². The Hall–Kier alpha value is -3.39. The van der Waals surface area contributed by atoms with Crippen LogP contribution in [0.4, 0.5) is 4.79 Å². The molecule has 0 spiro atoms. The second-order valence-corrected chi connectivity index (χ2v) is 9.21. The minimum Gasteiger partial charge on any atom is -0.449 e. The van der Waals surface area contributed by atoms with Gasteiger partial charge >= 0.3 is 6.09 Å². The molecule has 1 aliphatic carbocycles. The van der Waals surface area contributed by atoms with Crippen LogP contribution in [0.2, 0.25) is 0 Å². The lowest BCUT2D eigenvalue weighted by Crippen LogP contribution is -2.57. The minimum absolute atomic E-state index is 0.0808. The summed E-state index contributed by atoms with van der Waals surface area (Å²) in [7, 11) is 2.78. The van der Waals surface area contributed by atoms with Crippen molar-refractivity contribution < 1.29 is 24.0 Å². The summed E-state index contributed by atoms with van der Waals surface area (Å²) in [5, 5.41) is 3.54. The van der Waals surface area contributed by atoms with Gasteiger partial charge in [0.2, 0.25) is 5.91 Å². The second kappa shape index (κ2) is 9.62. The number of amides is 3. The standard InChI is InChI=1S/C25H31N3O5/c1-25(2,3)20(23(30)28(4)32-5)21(22(26)29)27-24(31)33-14-19-17-12-8-6-10-15(17)16-11-7-9-13-18(16)19/h6-13,19-21H,14H2,1-5H3,(H2,26,29)(H,27,31). The number of carbonyl (C=O) groups excluding carboxylic acids is 3. The number of hydrogen-bond donors (Lipinski definition) is 2. The second-order valence-electron chi connectivity index (χ2n) is 9.21. The van der Waals surface area contributed by atoms with Crippen molar-refractivity contribution in [3.8, 4) is 11.1 Å². The summed E-state index contributed by atoms with van der Waals surface area (Å²) in [5.41, 5.74) is 9.25. The van der Waals surface area contributed by atoms with Crippen molar-refractivity contribution in [1.29, 1.82) is 0 Å². The number of nitrogens with one attached hydrogen (secondary N) is 1. The summed E-state index contributed by atoms with van der Waals surface area (Å²) in [6.07, 6.45) is -0.817. The van der Waals surface area contributed by atoms with Gasteiger partial charge in [-0.15, -0.1) is 0 Å². The van der Waals surface area contributed by atoms with Crippen LogP contribution in [0.1, 0.15) is 37.8 Å². The summed E-state index contributed by atoms with van der Waals surface area (Å²) in [6, 6.07) is 14.7. The van der Waals surface area contributed by atoms with Crippen molar-refractivity contribution in [3.05, 3.63) is 59.7 Å². The minimum atomic E-state index is -1.27. The maximum Gasteiger partial charge on any atom is 0.407 e. The highest BCUT2D eigenvalue weighted by Crippen LogP contribution is 2.44. The number of primary amides is 1. The molecule has 1 aliphatic rings. The molecule has 2 unspecified atom stereocenters. The Labute approximate surface area is 194 Å². The molecule has 2 atom stereocenters. The van der Waals surface area contributed by atoms with Gasteiger partial charge in [-0.1, -0.05) is 69.3 Å². The predicted molar refractivity (Wildman–Crippen MR) is 124 cm³/mol. The first-order valence-corrected chi connectivity index (χ1v) is 10.8. The molecule has 3 amide bonds. The Balaban J connectivity index is 1.77. The average molecular weight is 454 g/mol. The molecule has 0 saturated heterocycles. The van der Waals surface area contributed by atoms with Crippen LogP contribution >= 0.6 is 0 Å². The molecule has 0 saturated carbocycles. The monoisotopic (exact) mass is 453 g/mol. The first-order chi connectivity index (χ1) is 15.6. The molecule has 3 N–H and O–H groups in total. The Kier molecular flexibility index (Phi) is 7.07. The molecule has 3 rings (SSSR count). The fourth-order valence-corrected chi connectivity index (χ4v) is 4.38. The van der Waals surface area contributed by atoms with Crippen LogP contribution < -0.4 is 11.1 Å². The molecule has 8 nitrogen and oxygen atoms in total. The van der Waals surface area contributed by atoms with Gasteiger partial charge in [0, 0.05) is 13.0 Å². The number of benzene rings is 2. The van der Waals surface area contributed by atoms with E-state index >= 15 is 0 Å². The highest BCUT2D eigenvalue weighted by Gasteiger charge is 2.44. The molecule has 2 aromatic carbocycles. The van der Waals surface area contributed by atoms with Crippen LogP contribution in [0.15, 0.2) is 48.5 Å². The van der Waals surface area contributed by atoms with Crippen LogP contribution in [-0.2, 0) is 19.2 Å². The lowest BCUT2D eigenvalue weighted by molar-refractivity contribution is -0.179. The topological polar surface area (TPSA) is 111 Å². The zero-order valence-electron chi connectivity index (χ0n) is 19.6. The lowest BCUT2D eigenvalue weighted by atomic mass is 9.75. The summed E-state index contributed by atoms with van der Waals surface area (Å²) in [4.78, 5) is 42.9. The average Bonchev–Trinajstić information content (AvgIpc) is 3.09. The summed E-state index contributed by atoms with van der Waals surface area (Å²) >= 11 is 0. The van der Waals surface area contributed by atoms with Crippen LogP contribution in [0.25, 0.3) is 11.1 Å². The van der Waals surface area contributed by atoms with E-state index in [1.807, 2.05) is 48.5 Å². The molecule has 8 heteroatoms. The smallest absolute Gasteiger partial charge is 0.407 e. The van der Waals surface area contributed by atoms with Crippen LogP contribution in [-0.4, -0.2) is 49.8 Å². The van der Waals surface area contributed by atoms with E-state index in [-0.39, 0.29) is 12.5 Å². The summed E-state index contributed by atoms with van der Waals surface area (Å²) in [5.74, 6) is -2.40. The molecule has 0 radical (unpaired) electrons. The maximum atomic E-state index is 12.9. The van der Waals surface area contributed by atoms with E-state index in [0.717, 1.165) is 27.3 Å². The van der Waals surface area contributed by atoms with Crippen molar-refractivity contribution in [3.63, 3.8) is 0 Å². The van der Waals surface area contributed by atoms with Gasteiger partial charge in [-0.25, -0.2) is 9.86 Å². The van der Waals surface area contributed by atoms with Gasteiger partial charge in [0.05, 0.1) is 13.0 Å². The molecule has 0 bridgehead atoms. The summed E-state index contributed by atoms with van der Waals surface area (Å²) < 4.78 is 5.54. The van der Waals surface area contributed by atoms with E-state index in [9.17, 15) is 14.4 Å². The zero-order chi connectivity index (χ0) is 24.3. The maximum absolute atomic E-state index is 12.9. The van der Waals surface area contributed by atoms with Gasteiger partial charge in [-0.3, -0.25) is 14.4 Å². The van der Waals surface area contributed by atoms with Crippen molar-refractivity contribution in [2.24, 2.45) is 17.1 Å². The number of carbonyl (C=O) groups is 3. The highest BCUT2D eigenvalue weighted by molar-refractivity contribution is 5.91. The van der Waals surface area contributed by atoms with Crippen LogP contribution in [0.3, 0.4) is 0 Å². The molecule has 2 aromatic rings. The Bertz CT molecular complexity index is 1000. The van der Waals surface area contributed by atoms with Gasteiger partial charge in [-0.05, 0) is 27.7 Å². The molecule has 33 heavy (non-hydrogen) atoms. The van der Waals surface area contributed by atoms with Gasteiger partial charge in [0.25, 0.3) is 5.91 Å². The predicted octanol–water partition coefficient (Wildman–Crippen LogP) is 3.06. The zero-order valence-corrected chi connectivity index (χ0v) is 19.6. The van der Waals surface area contributed by atoms with Crippen molar-refractivity contribution in [1.82, 2.24) is 10.4 Å². The molecule has 0 fully saturated rings. The Morgan fingerprint density at radius 2 is 1.55 bits per heavy atom. The lowest BCUT2D eigenvalue weighted by Gasteiger charge is -2.36. The molecule has 176 valence electrons. The number of ether oxygens (including phenoxy) is 1. The number of alkyl carbamates (subject to hydrolysis) is 1. The number of rotatable bonds is 7. The summed E-state index contributed by atoms with van der Waals surface area (Å²) in [6.45, 7) is 5.44. The van der Waals surface area contributed by atoms with E-state index < -0.39 is 35.3 Å². The van der Waals surface area contributed by atoms with E-state index in [4.69, 9.17) is 15.3 Å².